The van der Waals surface area contributed by atoms with E-state index in [1.54, 1.807) is 0 Å². The van der Waals surface area contributed by atoms with E-state index in [1.165, 1.54) is 17.7 Å². The van der Waals surface area contributed by atoms with Crippen LogP contribution in [0.2, 0.25) is 0 Å². The van der Waals surface area contributed by atoms with Crippen molar-refractivity contribution in [3.8, 4) is 0 Å². The van der Waals surface area contributed by atoms with E-state index >= 15 is 0 Å². The minimum atomic E-state index is -4.52. The van der Waals surface area contributed by atoms with Crippen LogP contribution in [0.15, 0.2) is 33.0 Å². The number of H-pyrrole nitrogens is 1. The van der Waals surface area contributed by atoms with Crippen molar-refractivity contribution >= 4 is 17.6 Å². The number of nitrogens with zero attached hydrogens (tertiary/aromatic N) is 2. The van der Waals surface area contributed by atoms with Gasteiger partial charge in [-0.15, -0.1) is 5.10 Å². The Kier molecular flexibility index (Phi) is 3.81. The molecule has 0 aliphatic heterocycles. The van der Waals surface area contributed by atoms with Crippen molar-refractivity contribution in [2.45, 2.75) is 16.2 Å². The van der Waals surface area contributed by atoms with Crippen LogP contribution in [0.4, 0.5) is 13.2 Å². The molecule has 2 rings (SSSR count). The van der Waals surface area contributed by atoms with Gasteiger partial charge in [0.2, 0.25) is 0 Å². The number of nitrogens with one attached hydrogen (secondary N) is 2. The quantitative estimate of drug-likeness (QED) is 0.591. The lowest BCUT2D eigenvalue weighted by atomic mass is 10.1. The van der Waals surface area contributed by atoms with E-state index in [1.807, 2.05) is 0 Å². The van der Waals surface area contributed by atoms with Crippen molar-refractivity contribution in [1.29, 1.82) is 5.41 Å². The third-order valence-corrected chi connectivity index (χ3v) is 3.76. The first-order valence-corrected chi connectivity index (χ1v) is 6.36. The molecule has 10 heteroatoms. The Labute approximate surface area is 120 Å². The number of halogens is 3. The number of aromatic nitrogens is 3. The molecule has 0 amide bonds. The van der Waals surface area contributed by atoms with Crippen LogP contribution >= 0.6 is 11.8 Å². The molecule has 1 heterocycles. The molecule has 0 saturated carbocycles. The average Bonchev–Trinajstić information content (AvgIpc) is 2.69. The number of nitrogens with two attached hydrogens (primary N) is 1. The largest absolute Gasteiger partial charge is 0.416 e. The lowest BCUT2D eigenvalue weighted by Gasteiger charge is -2.12. The molecule has 0 saturated heterocycles. The van der Waals surface area contributed by atoms with Gasteiger partial charge in [-0.05, 0) is 30.0 Å². The summed E-state index contributed by atoms with van der Waals surface area (Å²) in [5.41, 5.74) is 3.92. The standard InChI is InChI=1S/C11H10F3N5OS/c1-19-9(20)17-18-10(19)21-7-3-2-5(11(12,13)14)4-6(7)8(15)16/h2-4H,1H3,(H3,15,16)(H,17,20). The first kappa shape index (κ1) is 15.2. The average molecular weight is 317 g/mol. The van der Waals surface area contributed by atoms with E-state index in [0.717, 1.165) is 23.9 Å². The van der Waals surface area contributed by atoms with Crippen LogP contribution in [0.3, 0.4) is 0 Å². The summed E-state index contributed by atoms with van der Waals surface area (Å²) in [6, 6.07) is 2.89. The fraction of sp³-hybridized carbons (Fsp3) is 0.182. The summed E-state index contributed by atoms with van der Waals surface area (Å²) >= 11 is 0.942. The Balaban J connectivity index is 2.47. The first-order valence-electron chi connectivity index (χ1n) is 5.55. The molecule has 21 heavy (non-hydrogen) atoms. The highest BCUT2D eigenvalue weighted by molar-refractivity contribution is 7.99. The molecule has 0 spiro atoms. The molecule has 0 aliphatic carbocycles. The molecule has 4 N–H and O–H groups in total. The van der Waals surface area contributed by atoms with Gasteiger partial charge in [-0.2, -0.15) is 13.2 Å². The Morgan fingerprint density at radius 2 is 2.14 bits per heavy atom. The van der Waals surface area contributed by atoms with Gasteiger partial charge < -0.3 is 5.73 Å². The number of alkyl halides is 3. The van der Waals surface area contributed by atoms with Gasteiger partial charge in [-0.1, -0.05) is 0 Å². The van der Waals surface area contributed by atoms with Gasteiger partial charge in [0.15, 0.2) is 5.16 Å². The molecule has 0 aliphatic rings. The van der Waals surface area contributed by atoms with Crippen LogP contribution in [0.25, 0.3) is 0 Å². The van der Waals surface area contributed by atoms with Crippen molar-refractivity contribution < 1.29 is 13.2 Å². The predicted octanol–water partition coefficient (Wildman–Crippen LogP) is 1.56. The molecule has 0 fully saturated rings. The second kappa shape index (κ2) is 5.28. The van der Waals surface area contributed by atoms with E-state index in [4.69, 9.17) is 11.1 Å². The number of hydrogen-bond donors (Lipinski definition) is 3. The number of nitrogen functional groups attached to an aromatic ring is 1. The number of aromatic amines is 1. The third-order valence-electron chi connectivity index (χ3n) is 2.64. The molecule has 1 aromatic heterocycles. The highest BCUT2D eigenvalue weighted by Gasteiger charge is 2.31. The molecular weight excluding hydrogens is 307 g/mol. The summed E-state index contributed by atoms with van der Waals surface area (Å²) in [7, 11) is 1.46. The van der Waals surface area contributed by atoms with Gasteiger partial charge in [0.25, 0.3) is 0 Å². The van der Waals surface area contributed by atoms with Crippen LogP contribution in [-0.4, -0.2) is 20.6 Å². The van der Waals surface area contributed by atoms with Crippen LogP contribution in [0.5, 0.6) is 0 Å². The highest BCUT2D eigenvalue weighted by atomic mass is 32.2. The van der Waals surface area contributed by atoms with Gasteiger partial charge in [0.1, 0.15) is 5.84 Å². The van der Waals surface area contributed by atoms with Crippen molar-refractivity contribution in [3.63, 3.8) is 0 Å². The summed E-state index contributed by atoms with van der Waals surface area (Å²) in [5, 5.41) is 13.6. The Bertz CT molecular complexity index is 749. The van der Waals surface area contributed by atoms with Gasteiger partial charge >= 0.3 is 11.9 Å². The highest BCUT2D eigenvalue weighted by Crippen LogP contribution is 2.34. The van der Waals surface area contributed by atoms with Gasteiger partial charge in [0, 0.05) is 17.5 Å². The maximum Gasteiger partial charge on any atom is 0.416 e. The van der Waals surface area contributed by atoms with Crippen molar-refractivity contribution in [2.75, 3.05) is 0 Å². The van der Waals surface area contributed by atoms with Crippen LogP contribution in [0, 0.1) is 5.41 Å². The van der Waals surface area contributed by atoms with Crippen LogP contribution < -0.4 is 11.4 Å². The number of hydrogen-bond acceptors (Lipinski definition) is 4. The molecule has 0 atom stereocenters. The second-order valence-corrected chi connectivity index (χ2v) is 5.10. The zero-order valence-corrected chi connectivity index (χ0v) is 11.5. The lowest BCUT2D eigenvalue weighted by Crippen LogP contribution is -2.15. The Hall–Kier alpha value is -2.23. The van der Waals surface area contributed by atoms with E-state index in [9.17, 15) is 18.0 Å². The van der Waals surface area contributed by atoms with Crippen molar-refractivity contribution in [3.05, 3.63) is 39.8 Å². The molecule has 1 aromatic carbocycles. The normalized spacial score (nSPS) is 11.6. The summed E-state index contributed by atoms with van der Waals surface area (Å²) in [6.07, 6.45) is -4.52. The smallest absolute Gasteiger partial charge is 0.384 e. The lowest BCUT2D eigenvalue weighted by molar-refractivity contribution is -0.137. The van der Waals surface area contributed by atoms with E-state index in [-0.39, 0.29) is 10.7 Å². The van der Waals surface area contributed by atoms with Crippen molar-refractivity contribution in [1.82, 2.24) is 14.8 Å². The van der Waals surface area contributed by atoms with E-state index < -0.39 is 23.3 Å². The maximum atomic E-state index is 12.7. The SMILES string of the molecule is Cn1c(Sc2ccc(C(F)(F)F)cc2C(=N)N)n[nH]c1=O. The van der Waals surface area contributed by atoms with Gasteiger partial charge in [0.05, 0.1) is 5.56 Å². The van der Waals surface area contributed by atoms with Gasteiger partial charge in [-0.25, -0.2) is 9.89 Å². The third kappa shape index (κ3) is 3.10. The number of amidine groups is 1. The molecule has 6 nitrogen and oxygen atoms in total. The number of rotatable bonds is 3. The summed E-state index contributed by atoms with van der Waals surface area (Å²) in [4.78, 5) is 11.6. The minimum Gasteiger partial charge on any atom is -0.384 e. The van der Waals surface area contributed by atoms with E-state index in [0.29, 0.717) is 4.90 Å². The Morgan fingerprint density at radius 3 is 2.62 bits per heavy atom. The molecule has 2 aromatic rings. The fourth-order valence-corrected chi connectivity index (χ4v) is 2.45. The van der Waals surface area contributed by atoms with E-state index in [2.05, 4.69) is 10.2 Å². The predicted molar refractivity (Wildman–Crippen MR) is 70.4 cm³/mol. The maximum absolute atomic E-state index is 12.7. The first-order chi connectivity index (χ1) is 9.70. The zero-order valence-electron chi connectivity index (χ0n) is 10.7. The van der Waals surface area contributed by atoms with Crippen LogP contribution in [-0.2, 0) is 13.2 Å². The topological polar surface area (TPSA) is 101 Å². The second-order valence-electron chi connectivity index (χ2n) is 4.09. The molecular formula is C11H10F3N5OS. The summed E-state index contributed by atoms with van der Waals surface area (Å²) in [6.45, 7) is 0. The number of benzene rings is 1. The molecule has 0 radical (unpaired) electrons. The summed E-state index contributed by atoms with van der Waals surface area (Å²) < 4.78 is 39.2. The molecule has 0 bridgehead atoms. The minimum absolute atomic E-state index is 0.0646. The summed E-state index contributed by atoms with van der Waals surface area (Å²) in [5.74, 6) is -0.496. The molecule has 0 unspecified atom stereocenters. The monoisotopic (exact) mass is 317 g/mol. The van der Waals surface area contributed by atoms with Crippen LogP contribution in [0.1, 0.15) is 11.1 Å². The Morgan fingerprint density at radius 1 is 1.48 bits per heavy atom. The van der Waals surface area contributed by atoms with Crippen molar-refractivity contribution in [2.24, 2.45) is 12.8 Å². The fourth-order valence-electron chi connectivity index (χ4n) is 1.53. The van der Waals surface area contributed by atoms with Gasteiger partial charge in [-0.3, -0.25) is 9.98 Å². The zero-order chi connectivity index (χ0) is 15.8. The molecule has 112 valence electrons.